The number of anilines is 1. The molecule has 0 N–H and O–H groups in total. The number of piperazine rings is 1. The first-order valence-electron chi connectivity index (χ1n) is 7.61. The standard InChI is InChI=1S/C16H22N4/c1-3-14-11-20(8-7-19(14)2)16-13(10-17)9-12-5-4-6-15(12)18-16/h9,14H,3-8,11H2,1-2H3. The van der Waals surface area contributed by atoms with Crippen molar-refractivity contribution in [3.8, 4) is 6.07 Å². The smallest absolute Gasteiger partial charge is 0.146 e. The Hall–Kier alpha value is -1.60. The lowest BCUT2D eigenvalue weighted by atomic mass is 10.1. The summed E-state index contributed by atoms with van der Waals surface area (Å²) in [6.45, 7) is 5.22. The van der Waals surface area contributed by atoms with E-state index < -0.39 is 0 Å². The van der Waals surface area contributed by atoms with E-state index in [1.54, 1.807) is 0 Å². The van der Waals surface area contributed by atoms with Gasteiger partial charge in [0, 0.05) is 31.4 Å². The summed E-state index contributed by atoms with van der Waals surface area (Å²) in [5.74, 6) is 0.916. The Morgan fingerprint density at radius 3 is 3.00 bits per heavy atom. The van der Waals surface area contributed by atoms with E-state index in [0.717, 1.165) is 50.3 Å². The Kier molecular flexibility index (Phi) is 3.62. The van der Waals surface area contributed by atoms with Gasteiger partial charge in [0.05, 0.1) is 5.56 Å². The van der Waals surface area contributed by atoms with Crippen LogP contribution in [0.4, 0.5) is 5.82 Å². The van der Waals surface area contributed by atoms with Crippen molar-refractivity contribution >= 4 is 5.82 Å². The van der Waals surface area contributed by atoms with E-state index in [9.17, 15) is 5.26 Å². The summed E-state index contributed by atoms with van der Waals surface area (Å²) < 4.78 is 0. The van der Waals surface area contributed by atoms with Gasteiger partial charge in [0.15, 0.2) is 0 Å². The second-order valence-corrected chi connectivity index (χ2v) is 5.92. The lowest BCUT2D eigenvalue weighted by Crippen LogP contribution is -2.51. The molecule has 1 fully saturated rings. The molecule has 3 rings (SSSR count). The molecule has 1 aromatic heterocycles. The normalized spacial score (nSPS) is 22.6. The lowest BCUT2D eigenvalue weighted by molar-refractivity contribution is 0.213. The van der Waals surface area contributed by atoms with Gasteiger partial charge in [0.2, 0.25) is 0 Å². The fourth-order valence-electron chi connectivity index (χ4n) is 3.36. The highest BCUT2D eigenvalue weighted by Gasteiger charge is 2.26. The van der Waals surface area contributed by atoms with E-state index >= 15 is 0 Å². The first kappa shape index (κ1) is 13.4. The van der Waals surface area contributed by atoms with Gasteiger partial charge in [-0.25, -0.2) is 4.98 Å². The molecule has 20 heavy (non-hydrogen) atoms. The van der Waals surface area contributed by atoms with Crippen molar-refractivity contribution in [1.82, 2.24) is 9.88 Å². The number of nitrogens with zero attached hydrogens (tertiary/aromatic N) is 4. The molecule has 106 valence electrons. The lowest BCUT2D eigenvalue weighted by Gasteiger charge is -2.40. The Bertz CT molecular complexity index is 546. The van der Waals surface area contributed by atoms with Crippen molar-refractivity contribution in [3.63, 3.8) is 0 Å². The summed E-state index contributed by atoms with van der Waals surface area (Å²) in [7, 11) is 2.19. The van der Waals surface area contributed by atoms with Gasteiger partial charge in [-0.1, -0.05) is 6.92 Å². The van der Waals surface area contributed by atoms with Crippen LogP contribution in [0.25, 0.3) is 0 Å². The third kappa shape index (κ3) is 2.27. The Labute approximate surface area is 121 Å². The molecule has 0 aromatic carbocycles. The molecule has 0 amide bonds. The molecule has 1 aliphatic carbocycles. The van der Waals surface area contributed by atoms with Crippen molar-refractivity contribution in [1.29, 1.82) is 5.26 Å². The largest absolute Gasteiger partial charge is 0.353 e. The van der Waals surface area contributed by atoms with E-state index in [2.05, 4.69) is 35.9 Å². The summed E-state index contributed by atoms with van der Waals surface area (Å²) in [4.78, 5) is 9.55. The number of fused-ring (bicyclic) bond motifs is 1. The molecule has 1 aliphatic heterocycles. The van der Waals surface area contributed by atoms with Gasteiger partial charge >= 0.3 is 0 Å². The van der Waals surface area contributed by atoms with Crippen molar-refractivity contribution in [2.24, 2.45) is 0 Å². The van der Waals surface area contributed by atoms with Crippen LogP contribution in [0.1, 0.15) is 36.6 Å². The van der Waals surface area contributed by atoms with Gasteiger partial charge in [-0.05, 0) is 44.4 Å². The average Bonchev–Trinajstić information content (AvgIpc) is 2.93. The molecule has 0 spiro atoms. The maximum atomic E-state index is 9.43. The highest BCUT2D eigenvalue weighted by molar-refractivity contribution is 5.57. The summed E-state index contributed by atoms with van der Waals surface area (Å²) in [5.41, 5.74) is 3.25. The van der Waals surface area contributed by atoms with Gasteiger partial charge in [-0.2, -0.15) is 5.26 Å². The van der Waals surface area contributed by atoms with Crippen LogP contribution in [0.5, 0.6) is 0 Å². The second-order valence-electron chi connectivity index (χ2n) is 5.92. The molecular weight excluding hydrogens is 248 g/mol. The maximum Gasteiger partial charge on any atom is 0.146 e. The number of rotatable bonds is 2. The molecular formula is C16H22N4. The van der Waals surface area contributed by atoms with Crippen LogP contribution >= 0.6 is 0 Å². The third-order valence-electron chi connectivity index (χ3n) is 4.70. The average molecular weight is 270 g/mol. The highest BCUT2D eigenvalue weighted by atomic mass is 15.3. The van der Waals surface area contributed by atoms with Gasteiger partial charge in [-0.3, -0.25) is 4.90 Å². The van der Waals surface area contributed by atoms with Gasteiger partial charge in [-0.15, -0.1) is 0 Å². The number of hydrogen-bond acceptors (Lipinski definition) is 4. The van der Waals surface area contributed by atoms with E-state index in [1.807, 2.05) is 0 Å². The Morgan fingerprint density at radius 2 is 2.25 bits per heavy atom. The minimum absolute atomic E-state index is 0.561. The summed E-state index contributed by atoms with van der Waals surface area (Å²) in [5, 5.41) is 9.43. The van der Waals surface area contributed by atoms with Crippen LogP contribution in [0, 0.1) is 11.3 Å². The predicted molar refractivity (Wildman–Crippen MR) is 79.9 cm³/mol. The van der Waals surface area contributed by atoms with Crippen molar-refractivity contribution in [2.45, 2.75) is 38.6 Å². The van der Waals surface area contributed by atoms with Crippen LogP contribution in [0.15, 0.2) is 6.07 Å². The van der Waals surface area contributed by atoms with Crippen molar-refractivity contribution in [2.75, 3.05) is 31.6 Å². The zero-order chi connectivity index (χ0) is 14.1. The second kappa shape index (κ2) is 5.41. The van der Waals surface area contributed by atoms with E-state index in [4.69, 9.17) is 4.98 Å². The summed E-state index contributed by atoms with van der Waals surface area (Å²) in [6.07, 6.45) is 4.47. The Balaban J connectivity index is 1.92. The first-order valence-corrected chi connectivity index (χ1v) is 7.61. The van der Waals surface area contributed by atoms with Crippen molar-refractivity contribution < 1.29 is 0 Å². The number of likely N-dealkylation sites (N-methyl/N-ethyl adjacent to an activating group) is 1. The molecule has 2 aliphatic rings. The minimum atomic E-state index is 0.561. The topological polar surface area (TPSA) is 43.2 Å². The van der Waals surface area contributed by atoms with Gasteiger partial charge in [0.1, 0.15) is 11.9 Å². The summed E-state index contributed by atoms with van der Waals surface area (Å²) >= 11 is 0. The molecule has 1 aromatic rings. The highest BCUT2D eigenvalue weighted by Crippen LogP contribution is 2.28. The molecule has 2 heterocycles. The summed E-state index contributed by atoms with van der Waals surface area (Å²) in [6, 6.07) is 4.98. The quantitative estimate of drug-likeness (QED) is 0.824. The van der Waals surface area contributed by atoms with Crippen LogP contribution in [-0.4, -0.2) is 42.6 Å². The molecule has 1 unspecified atom stereocenters. The molecule has 1 atom stereocenters. The zero-order valence-corrected chi connectivity index (χ0v) is 12.4. The molecule has 4 nitrogen and oxygen atoms in total. The molecule has 0 radical (unpaired) electrons. The monoisotopic (exact) mass is 270 g/mol. The van der Waals surface area contributed by atoms with Crippen molar-refractivity contribution in [3.05, 3.63) is 22.9 Å². The molecule has 0 bridgehead atoms. The van der Waals surface area contributed by atoms with E-state index in [0.29, 0.717) is 6.04 Å². The zero-order valence-electron chi connectivity index (χ0n) is 12.4. The van der Waals surface area contributed by atoms with E-state index in [1.165, 1.54) is 17.7 Å². The molecule has 1 saturated heterocycles. The van der Waals surface area contributed by atoms with E-state index in [-0.39, 0.29) is 0 Å². The first-order chi connectivity index (χ1) is 9.72. The number of pyridine rings is 1. The predicted octanol–water partition coefficient (Wildman–Crippen LogP) is 1.97. The SMILES string of the molecule is CCC1CN(c2nc3c(cc2C#N)CCC3)CCN1C. The van der Waals surface area contributed by atoms with Crippen LogP contribution in [-0.2, 0) is 12.8 Å². The number of nitriles is 1. The fourth-order valence-corrected chi connectivity index (χ4v) is 3.36. The molecule has 4 heteroatoms. The van der Waals surface area contributed by atoms with Crippen LogP contribution < -0.4 is 4.90 Å². The van der Waals surface area contributed by atoms with Crippen LogP contribution in [0.3, 0.4) is 0 Å². The van der Waals surface area contributed by atoms with Gasteiger partial charge < -0.3 is 4.90 Å². The number of aromatic nitrogens is 1. The van der Waals surface area contributed by atoms with Gasteiger partial charge in [0.25, 0.3) is 0 Å². The number of hydrogen-bond donors (Lipinski definition) is 0. The fraction of sp³-hybridized carbons (Fsp3) is 0.625. The third-order valence-corrected chi connectivity index (χ3v) is 4.70. The Morgan fingerprint density at radius 1 is 1.40 bits per heavy atom. The minimum Gasteiger partial charge on any atom is -0.353 e. The maximum absolute atomic E-state index is 9.43. The number of aryl methyl sites for hydroxylation is 2. The van der Waals surface area contributed by atoms with Crippen LogP contribution in [0.2, 0.25) is 0 Å². The molecule has 0 saturated carbocycles.